The smallest absolute Gasteiger partial charge is 0.342 e. The summed E-state index contributed by atoms with van der Waals surface area (Å²) >= 11 is 0. The van der Waals surface area contributed by atoms with Crippen molar-refractivity contribution >= 4 is 5.97 Å². The molecule has 0 aliphatic carbocycles. The first-order valence-electron chi connectivity index (χ1n) is 4.71. The SMILES string of the molecule is C=CCc1cc(C(=O)OC=C)ccc1C. The van der Waals surface area contributed by atoms with Gasteiger partial charge in [0, 0.05) is 0 Å². The van der Waals surface area contributed by atoms with Gasteiger partial charge in [0.05, 0.1) is 11.8 Å². The third-order valence-corrected chi connectivity index (χ3v) is 2.14. The summed E-state index contributed by atoms with van der Waals surface area (Å²) in [6.45, 7) is 9.02. The lowest BCUT2D eigenvalue weighted by Gasteiger charge is -2.05. The number of hydrogen-bond donors (Lipinski definition) is 0. The van der Waals surface area contributed by atoms with Gasteiger partial charge in [-0.25, -0.2) is 4.79 Å². The summed E-state index contributed by atoms with van der Waals surface area (Å²) < 4.78 is 4.70. The topological polar surface area (TPSA) is 26.3 Å². The standard InChI is InChI=1S/C13H14O2/c1-4-6-11-9-12(8-7-10(11)3)13(14)15-5-2/h4-5,7-9H,1-2,6H2,3H3. The van der Waals surface area contributed by atoms with Crippen LogP contribution in [0.2, 0.25) is 0 Å². The number of carbonyl (C=O) groups excluding carboxylic acids is 1. The summed E-state index contributed by atoms with van der Waals surface area (Å²) in [4.78, 5) is 11.4. The molecular formula is C13H14O2. The van der Waals surface area contributed by atoms with Crippen LogP contribution in [0.15, 0.2) is 43.7 Å². The van der Waals surface area contributed by atoms with Crippen molar-refractivity contribution in [2.45, 2.75) is 13.3 Å². The number of allylic oxidation sites excluding steroid dienone is 1. The van der Waals surface area contributed by atoms with Crippen LogP contribution in [0.1, 0.15) is 21.5 Å². The zero-order valence-electron chi connectivity index (χ0n) is 8.82. The number of esters is 1. The average Bonchev–Trinajstić information content (AvgIpc) is 2.22. The van der Waals surface area contributed by atoms with Gasteiger partial charge in [-0.05, 0) is 36.6 Å². The van der Waals surface area contributed by atoms with Crippen molar-refractivity contribution in [2.75, 3.05) is 0 Å². The second kappa shape index (κ2) is 5.15. The Hall–Kier alpha value is -1.83. The molecule has 0 N–H and O–H groups in total. The molecule has 0 spiro atoms. The lowest BCUT2D eigenvalue weighted by Crippen LogP contribution is -2.02. The fourth-order valence-corrected chi connectivity index (χ4v) is 1.32. The van der Waals surface area contributed by atoms with Gasteiger partial charge in [-0.3, -0.25) is 0 Å². The first kappa shape index (κ1) is 11.2. The highest BCUT2D eigenvalue weighted by atomic mass is 16.5. The molecule has 0 amide bonds. The van der Waals surface area contributed by atoms with Gasteiger partial charge in [0.25, 0.3) is 0 Å². The quantitative estimate of drug-likeness (QED) is 0.426. The van der Waals surface area contributed by atoms with Crippen molar-refractivity contribution < 1.29 is 9.53 Å². The lowest BCUT2D eigenvalue weighted by molar-refractivity contribution is 0.0664. The molecule has 0 saturated heterocycles. The second-order valence-electron chi connectivity index (χ2n) is 3.21. The summed E-state index contributed by atoms with van der Waals surface area (Å²) in [5.74, 6) is -0.379. The van der Waals surface area contributed by atoms with Crippen LogP contribution in [0.3, 0.4) is 0 Å². The van der Waals surface area contributed by atoms with E-state index < -0.39 is 0 Å². The van der Waals surface area contributed by atoms with E-state index in [4.69, 9.17) is 4.74 Å². The molecule has 1 rings (SSSR count). The van der Waals surface area contributed by atoms with Gasteiger partial charge >= 0.3 is 5.97 Å². The third kappa shape index (κ3) is 2.81. The maximum Gasteiger partial charge on any atom is 0.342 e. The van der Waals surface area contributed by atoms with E-state index in [1.54, 1.807) is 6.07 Å². The zero-order valence-corrected chi connectivity index (χ0v) is 8.82. The summed E-state index contributed by atoms with van der Waals surface area (Å²) in [7, 11) is 0. The highest BCUT2D eigenvalue weighted by Crippen LogP contribution is 2.13. The zero-order chi connectivity index (χ0) is 11.3. The van der Waals surface area contributed by atoms with Gasteiger partial charge in [-0.2, -0.15) is 0 Å². The first-order chi connectivity index (χ1) is 7.19. The van der Waals surface area contributed by atoms with Crippen molar-refractivity contribution in [1.29, 1.82) is 0 Å². The van der Waals surface area contributed by atoms with Gasteiger partial charge in [0.1, 0.15) is 0 Å². The molecule has 0 unspecified atom stereocenters. The molecule has 0 bridgehead atoms. The molecule has 0 aromatic heterocycles. The number of hydrogen-bond acceptors (Lipinski definition) is 2. The molecular weight excluding hydrogens is 188 g/mol. The summed E-state index contributed by atoms with van der Waals surface area (Å²) in [5, 5.41) is 0. The second-order valence-corrected chi connectivity index (χ2v) is 3.21. The summed E-state index contributed by atoms with van der Waals surface area (Å²) in [6.07, 6.45) is 3.70. The van der Waals surface area contributed by atoms with Crippen LogP contribution in [0.25, 0.3) is 0 Å². The highest BCUT2D eigenvalue weighted by molar-refractivity contribution is 5.90. The molecule has 0 aliphatic heterocycles. The predicted molar refractivity (Wildman–Crippen MR) is 60.7 cm³/mol. The molecule has 78 valence electrons. The van der Waals surface area contributed by atoms with Crippen LogP contribution in [0.4, 0.5) is 0 Å². The molecule has 0 atom stereocenters. The summed E-state index contributed by atoms with van der Waals surface area (Å²) in [6, 6.07) is 5.47. The molecule has 15 heavy (non-hydrogen) atoms. The minimum absolute atomic E-state index is 0.379. The van der Waals surface area contributed by atoms with E-state index in [1.807, 2.05) is 25.1 Å². The van der Waals surface area contributed by atoms with Crippen molar-refractivity contribution in [2.24, 2.45) is 0 Å². The largest absolute Gasteiger partial charge is 0.432 e. The number of benzene rings is 1. The molecule has 2 heteroatoms. The van der Waals surface area contributed by atoms with Crippen molar-refractivity contribution in [3.8, 4) is 0 Å². The van der Waals surface area contributed by atoms with E-state index in [2.05, 4.69) is 13.2 Å². The number of ether oxygens (including phenoxy) is 1. The van der Waals surface area contributed by atoms with Gasteiger partial charge in [-0.1, -0.05) is 18.7 Å². The maximum atomic E-state index is 11.4. The Labute approximate surface area is 89.9 Å². The van der Waals surface area contributed by atoms with E-state index in [0.717, 1.165) is 23.8 Å². The van der Waals surface area contributed by atoms with E-state index in [9.17, 15) is 4.79 Å². The molecule has 0 heterocycles. The molecule has 1 aromatic carbocycles. The third-order valence-electron chi connectivity index (χ3n) is 2.14. The minimum atomic E-state index is -0.379. The number of rotatable bonds is 4. The Morgan fingerprint density at radius 3 is 2.80 bits per heavy atom. The number of aryl methyl sites for hydroxylation is 1. The number of carbonyl (C=O) groups is 1. The molecule has 1 aromatic rings. The van der Waals surface area contributed by atoms with Crippen LogP contribution in [-0.2, 0) is 11.2 Å². The van der Waals surface area contributed by atoms with Crippen molar-refractivity contribution in [3.63, 3.8) is 0 Å². The van der Waals surface area contributed by atoms with Crippen LogP contribution in [-0.4, -0.2) is 5.97 Å². The van der Waals surface area contributed by atoms with Gasteiger partial charge < -0.3 is 4.74 Å². The van der Waals surface area contributed by atoms with Crippen LogP contribution >= 0.6 is 0 Å². The van der Waals surface area contributed by atoms with Gasteiger partial charge in [0.2, 0.25) is 0 Å². The average molecular weight is 202 g/mol. The molecule has 0 aliphatic rings. The lowest BCUT2D eigenvalue weighted by atomic mass is 10.0. The van der Waals surface area contributed by atoms with Gasteiger partial charge in [0.15, 0.2) is 0 Å². The fraction of sp³-hybridized carbons (Fsp3) is 0.154. The Bertz CT molecular complexity index is 392. The van der Waals surface area contributed by atoms with E-state index in [-0.39, 0.29) is 5.97 Å². The maximum absolute atomic E-state index is 11.4. The van der Waals surface area contributed by atoms with Crippen LogP contribution in [0.5, 0.6) is 0 Å². The Morgan fingerprint density at radius 1 is 1.47 bits per heavy atom. The highest BCUT2D eigenvalue weighted by Gasteiger charge is 2.07. The predicted octanol–water partition coefficient (Wildman–Crippen LogP) is 3.02. The Balaban J connectivity index is 3.00. The normalized spacial score (nSPS) is 9.40. The Kier molecular flexibility index (Phi) is 3.86. The Morgan fingerprint density at radius 2 is 2.20 bits per heavy atom. The molecule has 2 nitrogen and oxygen atoms in total. The van der Waals surface area contributed by atoms with Crippen LogP contribution < -0.4 is 0 Å². The van der Waals surface area contributed by atoms with E-state index >= 15 is 0 Å². The van der Waals surface area contributed by atoms with Crippen molar-refractivity contribution in [3.05, 3.63) is 60.4 Å². The molecule has 0 radical (unpaired) electrons. The van der Waals surface area contributed by atoms with E-state index in [1.165, 1.54) is 0 Å². The van der Waals surface area contributed by atoms with Gasteiger partial charge in [-0.15, -0.1) is 6.58 Å². The fourth-order valence-electron chi connectivity index (χ4n) is 1.32. The first-order valence-corrected chi connectivity index (χ1v) is 4.71. The molecule has 0 saturated carbocycles. The summed E-state index contributed by atoms with van der Waals surface area (Å²) in [5.41, 5.74) is 2.77. The van der Waals surface area contributed by atoms with Crippen molar-refractivity contribution in [1.82, 2.24) is 0 Å². The van der Waals surface area contributed by atoms with E-state index in [0.29, 0.717) is 5.56 Å². The minimum Gasteiger partial charge on any atom is -0.432 e. The van der Waals surface area contributed by atoms with Crippen LogP contribution in [0, 0.1) is 6.92 Å². The molecule has 0 fully saturated rings. The monoisotopic (exact) mass is 202 g/mol.